The number of nitrogens with zero attached hydrogens (tertiary/aromatic N) is 1. The van der Waals surface area contributed by atoms with Gasteiger partial charge in [0.25, 0.3) is 0 Å². The molecule has 0 aliphatic heterocycles. The molecule has 51 valence electrons. The molecule has 1 radical (unpaired) electrons. The Morgan fingerprint density at radius 1 is 1.55 bits per heavy atom. The minimum Gasteiger partial charge on any atom is -0.190 e. The van der Waals surface area contributed by atoms with E-state index in [-0.39, 0.29) is 0 Å². The zero-order chi connectivity index (χ0) is 7.68. The van der Waals surface area contributed by atoms with Crippen LogP contribution in [0.1, 0.15) is 5.56 Å². The summed E-state index contributed by atoms with van der Waals surface area (Å²) in [5, 5.41) is 1.01. The Bertz CT molecular complexity index is 422. The van der Waals surface area contributed by atoms with Crippen LogP contribution in [0.4, 0.5) is 0 Å². The van der Waals surface area contributed by atoms with Crippen LogP contribution in [-0.4, -0.2) is 4.37 Å². The summed E-state index contributed by atoms with van der Waals surface area (Å²) in [6.07, 6.45) is 8.10. The van der Waals surface area contributed by atoms with Crippen LogP contribution in [0.5, 0.6) is 0 Å². The monoisotopic (exact) mass is 158 g/mol. The molecule has 2 heteroatoms. The van der Waals surface area contributed by atoms with E-state index in [4.69, 9.17) is 6.42 Å². The van der Waals surface area contributed by atoms with E-state index in [2.05, 4.69) is 16.5 Å². The summed E-state index contributed by atoms with van der Waals surface area (Å²) in [7, 11) is 0. The Kier molecular flexibility index (Phi) is 1.38. The number of aromatic nitrogens is 1. The molecule has 0 bridgehead atoms. The van der Waals surface area contributed by atoms with E-state index in [1.165, 1.54) is 11.5 Å². The molecule has 0 aliphatic carbocycles. The Morgan fingerprint density at radius 3 is 3.27 bits per heavy atom. The number of hydrogen-bond acceptors (Lipinski definition) is 2. The lowest BCUT2D eigenvalue weighted by Gasteiger charge is -1.87. The number of hydrogen-bond donors (Lipinski definition) is 0. The van der Waals surface area contributed by atoms with Crippen LogP contribution in [0.15, 0.2) is 18.2 Å². The first-order valence-corrected chi connectivity index (χ1v) is 3.91. The number of benzene rings is 1. The molecule has 0 unspecified atom stereocenters. The quantitative estimate of drug-likeness (QED) is 0.535. The van der Waals surface area contributed by atoms with Crippen molar-refractivity contribution in [3.05, 3.63) is 30.0 Å². The average Bonchev–Trinajstić information content (AvgIpc) is 2.50. The van der Waals surface area contributed by atoms with Gasteiger partial charge in [0.1, 0.15) is 6.20 Å². The second-order valence-corrected chi connectivity index (χ2v) is 2.95. The van der Waals surface area contributed by atoms with Crippen LogP contribution in [0.3, 0.4) is 0 Å². The largest absolute Gasteiger partial charge is 0.190 e. The average molecular weight is 158 g/mol. The SMILES string of the molecule is C#Cc1ccc2sn[c]c2c1. The van der Waals surface area contributed by atoms with Gasteiger partial charge < -0.3 is 0 Å². The molecule has 2 aromatic rings. The fraction of sp³-hybridized carbons (Fsp3) is 0. The molecule has 1 aromatic heterocycles. The summed E-state index contributed by atoms with van der Waals surface area (Å²) >= 11 is 1.43. The van der Waals surface area contributed by atoms with E-state index in [0.717, 1.165) is 15.6 Å². The van der Waals surface area contributed by atoms with Crippen LogP contribution in [0.2, 0.25) is 0 Å². The van der Waals surface area contributed by atoms with Gasteiger partial charge in [-0.3, -0.25) is 0 Å². The van der Waals surface area contributed by atoms with Crippen molar-refractivity contribution in [3.63, 3.8) is 0 Å². The van der Waals surface area contributed by atoms with Crippen molar-refractivity contribution in [1.82, 2.24) is 4.37 Å². The summed E-state index contributed by atoms with van der Waals surface area (Å²) in [6.45, 7) is 0. The minimum absolute atomic E-state index is 0.883. The lowest BCUT2D eigenvalue weighted by molar-refractivity contribution is 1.58. The van der Waals surface area contributed by atoms with Gasteiger partial charge in [0.05, 0.1) is 4.70 Å². The third kappa shape index (κ3) is 0.997. The highest BCUT2D eigenvalue weighted by Crippen LogP contribution is 2.17. The van der Waals surface area contributed by atoms with Crippen molar-refractivity contribution in [2.45, 2.75) is 0 Å². The van der Waals surface area contributed by atoms with Gasteiger partial charge >= 0.3 is 0 Å². The molecule has 0 amide bonds. The Morgan fingerprint density at radius 2 is 2.45 bits per heavy atom. The Balaban J connectivity index is 2.79. The van der Waals surface area contributed by atoms with E-state index in [1.54, 1.807) is 0 Å². The van der Waals surface area contributed by atoms with Crippen molar-refractivity contribution >= 4 is 21.6 Å². The van der Waals surface area contributed by atoms with E-state index in [9.17, 15) is 0 Å². The highest BCUT2D eigenvalue weighted by molar-refractivity contribution is 7.13. The smallest absolute Gasteiger partial charge is 0.112 e. The molecule has 0 spiro atoms. The maximum atomic E-state index is 5.23. The first-order chi connectivity index (χ1) is 5.40. The summed E-state index contributed by atoms with van der Waals surface area (Å²) in [6, 6.07) is 5.80. The minimum atomic E-state index is 0.883. The lowest BCUT2D eigenvalue weighted by Crippen LogP contribution is -1.70. The standard InChI is InChI=1S/C9H4NS/c1-2-7-3-4-9-8(5-7)6-10-11-9/h1,3-5H. The van der Waals surface area contributed by atoms with Gasteiger partial charge in [-0.1, -0.05) is 5.92 Å². The summed E-state index contributed by atoms with van der Waals surface area (Å²) in [5.74, 6) is 2.57. The predicted octanol–water partition coefficient (Wildman–Crippen LogP) is 2.08. The van der Waals surface area contributed by atoms with Crippen LogP contribution in [0.25, 0.3) is 10.1 Å². The lowest BCUT2D eigenvalue weighted by atomic mass is 10.2. The van der Waals surface area contributed by atoms with Crippen molar-refractivity contribution in [2.24, 2.45) is 0 Å². The molecule has 1 nitrogen and oxygen atoms in total. The van der Waals surface area contributed by atoms with Crippen LogP contribution in [0, 0.1) is 18.5 Å². The molecular formula is C9H4NS. The topological polar surface area (TPSA) is 12.9 Å². The van der Waals surface area contributed by atoms with Crippen molar-refractivity contribution < 1.29 is 0 Å². The van der Waals surface area contributed by atoms with Crippen LogP contribution in [-0.2, 0) is 0 Å². The normalized spacial score (nSPS) is 9.73. The number of fused-ring (bicyclic) bond motifs is 1. The van der Waals surface area contributed by atoms with E-state index >= 15 is 0 Å². The molecule has 1 aromatic carbocycles. The summed E-state index contributed by atoms with van der Waals surface area (Å²) < 4.78 is 5.05. The second kappa shape index (κ2) is 2.37. The zero-order valence-corrected chi connectivity index (χ0v) is 6.48. The van der Waals surface area contributed by atoms with Gasteiger partial charge in [0, 0.05) is 10.9 Å². The van der Waals surface area contributed by atoms with E-state index in [0.29, 0.717) is 0 Å². The molecule has 1 heterocycles. The van der Waals surface area contributed by atoms with Gasteiger partial charge in [-0.05, 0) is 29.7 Å². The predicted molar refractivity (Wildman–Crippen MR) is 46.4 cm³/mol. The summed E-state index contributed by atoms with van der Waals surface area (Å²) in [4.78, 5) is 0. The molecule has 0 saturated carbocycles. The van der Waals surface area contributed by atoms with E-state index < -0.39 is 0 Å². The summed E-state index contributed by atoms with van der Waals surface area (Å²) in [5.41, 5.74) is 0.883. The molecule has 2 rings (SSSR count). The van der Waals surface area contributed by atoms with E-state index in [1.807, 2.05) is 18.2 Å². The highest BCUT2D eigenvalue weighted by atomic mass is 32.1. The Hall–Kier alpha value is -1.33. The van der Waals surface area contributed by atoms with Gasteiger partial charge in [-0.15, -0.1) is 6.42 Å². The third-order valence-electron chi connectivity index (χ3n) is 1.46. The maximum absolute atomic E-state index is 5.23. The third-order valence-corrected chi connectivity index (χ3v) is 2.19. The fourth-order valence-electron chi connectivity index (χ4n) is 0.908. The maximum Gasteiger partial charge on any atom is 0.112 e. The van der Waals surface area contributed by atoms with Crippen LogP contribution < -0.4 is 0 Å². The molecule has 0 fully saturated rings. The van der Waals surface area contributed by atoms with Gasteiger partial charge in [-0.25, -0.2) is 0 Å². The molecule has 0 atom stereocenters. The van der Waals surface area contributed by atoms with Crippen molar-refractivity contribution in [1.29, 1.82) is 0 Å². The van der Waals surface area contributed by atoms with Crippen molar-refractivity contribution in [2.75, 3.05) is 0 Å². The Labute approximate surface area is 68.8 Å². The molecule has 11 heavy (non-hydrogen) atoms. The highest BCUT2D eigenvalue weighted by Gasteiger charge is 1.95. The molecule has 0 aliphatic rings. The second-order valence-electron chi connectivity index (χ2n) is 2.15. The van der Waals surface area contributed by atoms with Crippen LogP contribution >= 0.6 is 11.5 Å². The first-order valence-electron chi connectivity index (χ1n) is 3.14. The molecular weight excluding hydrogens is 154 g/mol. The first kappa shape index (κ1) is 6.38. The van der Waals surface area contributed by atoms with Gasteiger partial charge in [0.2, 0.25) is 0 Å². The molecule has 0 saturated heterocycles. The van der Waals surface area contributed by atoms with Gasteiger partial charge in [-0.2, -0.15) is 4.37 Å². The molecule has 0 N–H and O–H groups in total. The van der Waals surface area contributed by atoms with Gasteiger partial charge in [0.15, 0.2) is 0 Å². The number of rotatable bonds is 0. The van der Waals surface area contributed by atoms with Crippen molar-refractivity contribution in [3.8, 4) is 12.3 Å². The fourth-order valence-corrected chi connectivity index (χ4v) is 1.48. The number of terminal acetylenes is 1. The zero-order valence-electron chi connectivity index (χ0n) is 5.66.